The Labute approximate surface area is 260 Å². The fourth-order valence-corrected chi connectivity index (χ4v) is 6.53. The van der Waals surface area contributed by atoms with Gasteiger partial charge in [0, 0.05) is 44.5 Å². The Kier molecular flexibility index (Phi) is 5.78. The van der Waals surface area contributed by atoms with Crippen molar-refractivity contribution >= 4 is 60.7 Å². The summed E-state index contributed by atoms with van der Waals surface area (Å²) in [7, 11) is 0. The van der Waals surface area contributed by atoms with Crippen molar-refractivity contribution in [3.8, 4) is 17.1 Å². The van der Waals surface area contributed by atoms with Crippen LogP contribution in [0.15, 0.2) is 168 Å². The summed E-state index contributed by atoms with van der Waals surface area (Å²) in [5, 5.41) is 4.69. The maximum absolute atomic E-state index is 6.15. The van der Waals surface area contributed by atoms with Crippen LogP contribution in [0.1, 0.15) is 0 Å². The average molecular weight is 578 g/mol. The Morgan fingerprint density at radius 2 is 1.09 bits per heavy atom. The number of oxazole rings is 1. The number of hydrogen-bond donors (Lipinski definition) is 0. The molecule has 0 N–H and O–H groups in total. The molecule has 0 aliphatic rings. The zero-order valence-corrected chi connectivity index (χ0v) is 24.3. The molecule has 0 fully saturated rings. The van der Waals surface area contributed by atoms with Gasteiger partial charge in [0.25, 0.3) is 0 Å². The standard InChI is InChI=1S/C41H27N3O/c1-3-11-28(12-4-1)41-42-40-34-25-24-33(27-29(34)19-26-39(40)45-41)43(30-13-5-2-6-14-30)31-20-22-32(23-21-31)44-37-17-9-7-15-35(37)36-16-8-10-18-38(36)44/h1-27H. The number of para-hydroxylation sites is 3. The Hall–Kier alpha value is -6.13. The largest absolute Gasteiger partial charge is 0.436 e. The van der Waals surface area contributed by atoms with Gasteiger partial charge in [-0.3, -0.25) is 0 Å². The number of nitrogens with zero attached hydrogens (tertiary/aromatic N) is 3. The molecule has 0 saturated carbocycles. The molecule has 9 aromatic rings. The molecular weight excluding hydrogens is 550 g/mol. The van der Waals surface area contributed by atoms with E-state index in [-0.39, 0.29) is 0 Å². The maximum atomic E-state index is 6.15. The highest BCUT2D eigenvalue weighted by molar-refractivity contribution is 6.09. The van der Waals surface area contributed by atoms with Crippen LogP contribution in [0.4, 0.5) is 17.1 Å². The number of aromatic nitrogens is 2. The number of anilines is 3. The van der Waals surface area contributed by atoms with E-state index in [1.54, 1.807) is 0 Å². The monoisotopic (exact) mass is 577 g/mol. The summed E-state index contributed by atoms with van der Waals surface area (Å²) >= 11 is 0. The van der Waals surface area contributed by atoms with E-state index in [0.717, 1.165) is 50.2 Å². The van der Waals surface area contributed by atoms with Crippen LogP contribution >= 0.6 is 0 Å². The van der Waals surface area contributed by atoms with E-state index in [1.807, 2.05) is 36.4 Å². The van der Waals surface area contributed by atoms with Gasteiger partial charge in [-0.25, -0.2) is 4.98 Å². The van der Waals surface area contributed by atoms with E-state index < -0.39 is 0 Å². The molecule has 0 atom stereocenters. The van der Waals surface area contributed by atoms with Gasteiger partial charge in [0.2, 0.25) is 5.89 Å². The predicted octanol–water partition coefficient (Wildman–Crippen LogP) is 11.2. The van der Waals surface area contributed by atoms with Crippen molar-refractivity contribution < 1.29 is 4.42 Å². The van der Waals surface area contributed by atoms with E-state index in [2.05, 4.69) is 137 Å². The fraction of sp³-hybridized carbons (Fsp3) is 0. The van der Waals surface area contributed by atoms with E-state index in [9.17, 15) is 0 Å². The first-order chi connectivity index (χ1) is 22.3. The lowest BCUT2D eigenvalue weighted by molar-refractivity contribution is 0.620. The SMILES string of the molecule is c1ccc(-c2nc3c(ccc4cc(N(c5ccccc5)c5ccc(-n6c7ccccc7c7ccccc76)cc5)ccc43)o2)cc1. The normalized spacial score (nSPS) is 11.6. The smallest absolute Gasteiger partial charge is 0.227 e. The summed E-state index contributed by atoms with van der Waals surface area (Å²) in [6.07, 6.45) is 0. The number of hydrogen-bond acceptors (Lipinski definition) is 3. The molecule has 0 unspecified atom stereocenters. The Morgan fingerprint density at radius 3 is 1.80 bits per heavy atom. The first-order valence-corrected chi connectivity index (χ1v) is 15.1. The van der Waals surface area contributed by atoms with Gasteiger partial charge in [0.1, 0.15) is 5.52 Å². The molecule has 9 rings (SSSR count). The Morgan fingerprint density at radius 1 is 0.489 bits per heavy atom. The van der Waals surface area contributed by atoms with Gasteiger partial charge in [0.05, 0.1) is 11.0 Å². The second kappa shape index (κ2) is 10.2. The molecule has 0 bridgehead atoms. The molecule has 0 aliphatic heterocycles. The minimum Gasteiger partial charge on any atom is -0.436 e. The summed E-state index contributed by atoms with van der Waals surface area (Å²) < 4.78 is 8.50. The van der Waals surface area contributed by atoms with Gasteiger partial charge < -0.3 is 13.9 Å². The fourth-order valence-electron chi connectivity index (χ4n) is 6.53. The van der Waals surface area contributed by atoms with Crippen LogP contribution in [0.25, 0.3) is 60.8 Å². The minimum absolute atomic E-state index is 0.636. The van der Waals surface area contributed by atoms with E-state index >= 15 is 0 Å². The van der Waals surface area contributed by atoms with Gasteiger partial charge >= 0.3 is 0 Å². The molecule has 4 heteroatoms. The number of rotatable bonds is 5. The number of benzene rings is 7. The number of fused-ring (bicyclic) bond motifs is 6. The molecule has 4 nitrogen and oxygen atoms in total. The molecular formula is C41H27N3O. The van der Waals surface area contributed by atoms with Crippen LogP contribution in [-0.4, -0.2) is 9.55 Å². The van der Waals surface area contributed by atoms with Crippen LogP contribution in [-0.2, 0) is 0 Å². The predicted molar refractivity (Wildman–Crippen MR) is 186 cm³/mol. The third kappa shape index (κ3) is 4.19. The molecule has 0 saturated heterocycles. The molecule has 45 heavy (non-hydrogen) atoms. The summed E-state index contributed by atoms with van der Waals surface area (Å²) in [4.78, 5) is 7.20. The van der Waals surface area contributed by atoms with Gasteiger partial charge in [-0.15, -0.1) is 0 Å². The minimum atomic E-state index is 0.636. The van der Waals surface area contributed by atoms with Crippen molar-refractivity contribution in [2.45, 2.75) is 0 Å². The van der Waals surface area contributed by atoms with Crippen LogP contribution in [0.5, 0.6) is 0 Å². The summed E-state index contributed by atoms with van der Waals surface area (Å²) in [5.74, 6) is 0.636. The van der Waals surface area contributed by atoms with Crippen molar-refractivity contribution in [1.29, 1.82) is 0 Å². The Balaban J connectivity index is 1.16. The summed E-state index contributed by atoms with van der Waals surface area (Å²) in [6.45, 7) is 0. The van der Waals surface area contributed by atoms with Crippen LogP contribution in [0, 0.1) is 0 Å². The van der Waals surface area contributed by atoms with Crippen molar-refractivity contribution in [2.75, 3.05) is 4.90 Å². The van der Waals surface area contributed by atoms with Crippen LogP contribution in [0.3, 0.4) is 0 Å². The zero-order chi connectivity index (χ0) is 29.7. The van der Waals surface area contributed by atoms with Crippen molar-refractivity contribution in [2.24, 2.45) is 0 Å². The average Bonchev–Trinajstić information content (AvgIpc) is 3.70. The van der Waals surface area contributed by atoms with Crippen molar-refractivity contribution in [1.82, 2.24) is 9.55 Å². The quantitative estimate of drug-likeness (QED) is 0.204. The molecule has 2 aromatic heterocycles. The van der Waals surface area contributed by atoms with E-state index in [1.165, 1.54) is 21.8 Å². The van der Waals surface area contributed by atoms with Crippen molar-refractivity contribution in [3.05, 3.63) is 164 Å². The lowest BCUT2D eigenvalue weighted by Crippen LogP contribution is -2.10. The first-order valence-electron chi connectivity index (χ1n) is 15.1. The molecule has 212 valence electrons. The molecule has 0 amide bonds. The van der Waals surface area contributed by atoms with Crippen LogP contribution < -0.4 is 4.90 Å². The Bertz CT molecular complexity index is 2420. The summed E-state index contributed by atoms with van der Waals surface area (Å²) in [5.41, 5.74) is 9.42. The molecule has 0 spiro atoms. The van der Waals surface area contributed by atoms with Gasteiger partial charge in [-0.2, -0.15) is 0 Å². The summed E-state index contributed by atoms with van der Waals surface area (Å²) in [6, 6.07) is 57.4. The lowest BCUT2D eigenvalue weighted by atomic mass is 10.1. The second-order valence-electron chi connectivity index (χ2n) is 11.3. The molecule has 0 aliphatic carbocycles. The molecule has 0 radical (unpaired) electrons. The topological polar surface area (TPSA) is 34.2 Å². The molecule has 2 heterocycles. The highest BCUT2D eigenvalue weighted by atomic mass is 16.3. The highest BCUT2D eigenvalue weighted by Gasteiger charge is 2.17. The van der Waals surface area contributed by atoms with Crippen LogP contribution in [0.2, 0.25) is 0 Å². The van der Waals surface area contributed by atoms with Gasteiger partial charge in [-0.05, 0) is 90.3 Å². The first kappa shape index (κ1) is 25.4. The van der Waals surface area contributed by atoms with Gasteiger partial charge in [-0.1, -0.05) is 78.9 Å². The third-order valence-electron chi connectivity index (χ3n) is 8.60. The highest BCUT2D eigenvalue weighted by Crippen LogP contribution is 2.39. The van der Waals surface area contributed by atoms with Gasteiger partial charge in [0.15, 0.2) is 5.58 Å². The van der Waals surface area contributed by atoms with Crippen molar-refractivity contribution in [3.63, 3.8) is 0 Å². The third-order valence-corrected chi connectivity index (χ3v) is 8.60. The zero-order valence-electron chi connectivity index (χ0n) is 24.3. The second-order valence-corrected chi connectivity index (χ2v) is 11.3. The lowest BCUT2D eigenvalue weighted by Gasteiger charge is -2.26. The van der Waals surface area contributed by atoms with E-state index in [0.29, 0.717) is 5.89 Å². The molecule has 7 aromatic carbocycles. The maximum Gasteiger partial charge on any atom is 0.227 e. The van der Waals surface area contributed by atoms with E-state index in [4.69, 9.17) is 9.40 Å².